The Morgan fingerprint density at radius 2 is 1.69 bits per heavy atom. The monoisotopic (exact) mass is 383 g/mol. The number of carbonyl (C=O) groups excluding carboxylic acids is 1. The van der Waals surface area contributed by atoms with Crippen LogP contribution < -0.4 is 10.6 Å². The number of amides is 1. The summed E-state index contributed by atoms with van der Waals surface area (Å²) in [5.41, 5.74) is 1.70. The van der Waals surface area contributed by atoms with Crippen LogP contribution in [0.2, 0.25) is 10.0 Å². The highest BCUT2D eigenvalue weighted by Crippen LogP contribution is 2.29. The van der Waals surface area contributed by atoms with Crippen LogP contribution in [0.3, 0.4) is 0 Å². The highest BCUT2D eigenvalue weighted by molar-refractivity contribution is 6.44. The number of halogens is 2. The lowest BCUT2D eigenvalue weighted by molar-refractivity contribution is 0.102. The Balaban J connectivity index is 1.74. The van der Waals surface area contributed by atoms with Gasteiger partial charge in [-0.15, -0.1) is 0 Å². The topological polar surface area (TPSA) is 90.7 Å². The molecule has 0 saturated carbocycles. The molecule has 3 aromatic rings. The molecule has 0 unspecified atom stereocenters. The van der Waals surface area contributed by atoms with Gasteiger partial charge in [-0.2, -0.15) is 5.26 Å². The van der Waals surface area contributed by atoms with E-state index in [2.05, 4.69) is 26.7 Å². The molecule has 26 heavy (non-hydrogen) atoms. The minimum atomic E-state index is -0.418. The number of nitrogens with one attached hydrogen (secondary N) is 2. The van der Waals surface area contributed by atoms with Gasteiger partial charge in [-0.05, 0) is 24.3 Å². The molecule has 128 valence electrons. The molecule has 0 aliphatic carbocycles. The highest BCUT2D eigenvalue weighted by Gasteiger charge is 2.12. The molecule has 0 atom stereocenters. The van der Waals surface area contributed by atoms with E-state index in [4.69, 9.17) is 28.5 Å². The average Bonchev–Trinajstić information content (AvgIpc) is 2.66. The third kappa shape index (κ3) is 3.91. The van der Waals surface area contributed by atoms with Gasteiger partial charge in [0.25, 0.3) is 5.91 Å². The van der Waals surface area contributed by atoms with E-state index < -0.39 is 5.91 Å². The van der Waals surface area contributed by atoms with Crippen molar-refractivity contribution in [2.75, 3.05) is 10.6 Å². The standard InChI is InChI=1S/C18H11Cl2N5O/c19-13-5-3-7-15(16(13)20)24-17(26)12-9-22-18(23-10-12)25-14-6-2-1-4-11(14)8-21/h1-7,9-10H,(H,24,26)(H,22,23,25). The Hall–Kier alpha value is -3.14. The Bertz CT molecular complexity index is 999. The summed E-state index contributed by atoms with van der Waals surface area (Å²) in [6.45, 7) is 0. The van der Waals surface area contributed by atoms with Gasteiger partial charge in [0.2, 0.25) is 5.95 Å². The van der Waals surface area contributed by atoms with E-state index in [1.165, 1.54) is 12.4 Å². The number of nitrogens with zero attached hydrogens (tertiary/aromatic N) is 3. The number of benzene rings is 2. The van der Waals surface area contributed by atoms with Gasteiger partial charge >= 0.3 is 0 Å². The van der Waals surface area contributed by atoms with Crippen molar-refractivity contribution in [1.29, 1.82) is 5.26 Å². The summed E-state index contributed by atoms with van der Waals surface area (Å²) in [7, 11) is 0. The van der Waals surface area contributed by atoms with E-state index in [-0.39, 0.29) is 16.5 Å². The van der Waals surface area contributed by atoms with Crippen LogP contribution in [0.25, 0.3) is 0 Å². The Morgan fingerprint density at radius 1 is 1.00 bits per heavy atom. The van der Waals surface area contributed by atoms with Crippen molar-refractivity contribution >= 4 is 46.4 Å². The molecule has 1 amide bonds. The van der Waals surface area contributed by atoms with E-state index in [1.54, 1.807) is 42.5 Å². The second kappa shape index (κ2) is 7.83. The molecule has 2 N–H and O–H groups in total. The first-order valence-electron chi connectivity index (χ1n) is 7.42. The van der Waals surface area contributed by atoms with Gasteiger partial charge in [0, 0.05) is 12.4 Å². The summed E-state index contributed by atoms with van der Waals surface area (Å²) in [6, 6.07) is 14.0. The Morgan fingerprint density at radius 3 is 2.42 bits per heavy atom. The normalized spacial score (nSPS) is 10.0. The smallest absolute Gasteiger partial charge is 0.258 e. The molecule has 2 aromatic carbocycles. The van der Waals surface area contributed by atoms with Crippen molar-refractivity contribution in [1.82, 2.24) is 9.97 Å². The molecule has 1 aromatic heterocycles. The number of hydrogen-bond donors (Lipinski definition) is 2. The van der Waals surface area contributed by atoms with Gasteiger partial charge in [0.05, 0.1) is 32.5 Å². The zero-order valence-electron chi connectivity index (χ0n) is 13.2. The third-order valence-electron chi connectivity index (χ3n) is 3.41. The quantitative estimate of drug-likeness (QED) is 0.683. The first-order chi connectivity index (χ1) is 12.6. The van der Waals surface area contributed by atoms with Crippen LogP contribution in [0.5, 0.6) is 0 Å². The van der Waals surface area contributed by atoms with Crippen molar-refractivity contribution in [2.24, 2.45) is 0 Å². The third-order valence-corrected chi connectivity index (χ3v) is 4.23. The molecule has 6 nitrogen and oxygen atoms in total. The summed E-state index contributed by atoms with van der Waals surface area (Å²) < 4.78 is 0. The SMILES string of the molecule is N#Cc1ccccc1Nc1ncc(C(=O)Nc2cccc(Cl)c2Cl)cn1. The fourth-order valence-corrected chi connectivity index (χ4v) is 2.46. The lowest BCUT2D eigenvalue weighted by Gasteiger charge is -2.09. The second-order valence-corrected chi connectivity index (χ2v) is 5.92. The average molecular weight is 384 g/mol. The van der Waals surface area contributed by atoms with Crippen LogP contribution in [0, 0.1) is 11.3 Å². The van der Waals surface area contributed by atoms with Crippen molar-refractivity contribution in [2.45, 2.75) is 0 Å². The number of aromatic nitrogens is 2. The maximum absolute atomic E-state index is 12.3. The summed E-state index contributed by atoms with van der Waals surface area (Å²) in [5.74, 6) is -0.150. The minimum Gasteiger partial charge on any atom is -0.323 e. The molecule has 3 rings (SSSR count). The van der Waals surface area contributed by atoms with E-state index in [1.807, 2.05) is 0 Å². The maximum atomic E-state index is 12.3. The predicted molar refractivity (Wildman–Crippen MR) is 101 cm³/mol. The van der Waals surface area contributed by atoms with Gasteiger partial charge in [-0.1, -0.05) is 41.4 Å². The number of nitriles is 1. The molecule has 8 heteroatoms. The fourth-order valence-electron chi connectivity index (χ4n) is 2.11. The van der Waals surface area contributed by atoms with Gasteiger partial charge in [-0.3, -0.25) is 4.79 Å². The molecule has 0 aliphatic heterocycles. The van der Waals surface area contributed by atoms with Gasteiger partial charge in [-0.25, -0.2) is 9.97 Å². The summed E-state index contributed by atoms with van der Waals surface area (Å²) in [5, 5.41) is 15.3. The molecule has 0 spiro atoms. The van der Waals surface area contributed by atoms with Crippen molar-refractivity contribution < 1.29 is 4.79 Å². The summed E-state index contributed by atoms with van der Waals surface area (Å²) in [6.07, 6.45) is 2.75. The van der Waals surface area contributed by atoms with Crippen LogP contribution in [0.15, 0.2) is 54.9 Å². The molecular formula is C18H11Cl2N5O. The molecule has 0 saturated heterocycles. The van der Waals surface area contributed by atoms with E-state index in [0.717, 1.165) is 0 Å². The molecule has 0 bridgehead atoms. The molecule has 0 fully saturated rings. The van der Waals surface area contributed by atoms with E-state index in [9.17, 15) is 4.79 Å². The van der Waals surface area contributed by atoms with Crippen LogP contribution >= 0.6 is 23.2 Å². The first-order valence-corrected chi connectivity index (χ1v) is 8.17. The lowest BCUT2D eigenvalue weighted by atomic mass is 10.2. The van der Waals surface area contributed by atoms with Crippen molar-refractivity contribution in [3.05, 3.63) is 76.0 Å². The zero-order valence-corrected chi connectivity index (χ0v) is 14.7. The molecular weight excluding hydrogens is 373 g/mol. The van der Waals surface area contributed by atoms with Gasteiger partial charge in [0.1, 0.15) is 6.07 Å². The van der Waals surface area contributed by atoms with E-state index >= 15 is 0 Å². The van der Waals surface area contributed by atoms with Gasteiger partial charge in [0.15, 0.2) is 0 Å². The minimum absolute atomic E-state index is 0.250. The maximum Gasteiger partial charge on any atom is 0.258 e. The molecule has 0 aliphatic rings. The lowest BCUT2D eigenvalue weighted by Crippen LogP contribution is -2.13. The van der Waals surface area contributed by atoms with Crippen LogP contribution in [-0.4, -0.2) is 15.9 Å². The zero-order chi connectivity index (χ0) is 18.5. The van der Waals surface area contributed by atoms with Crippen LogP contribution in [0.4, 0.5) is 17.3 Å². The highest BCUT2D eigenvalue weighted by atomic mass is 35.5. The molecule has 0 radical (unpaired) electrons. The predicted octanol–water partition coefficient (Wildman–Crippen LogP) is 4.65. The number of hydrogen-bond acceptors (Lipinski definition) is 5. The Kier molecular flexibility index (Phi) is 5.32. The second-order valence-electron chi connectivity index (χ2n) is 5.13. The van der Waals surface area contributed by atoms with E-state index in [0.29, 0.717) is 22.0 Å². The number of rotatable bonds is 4. The van der Waals surface area contributed by atoms with Crippen molar-refractivity contribution in [3.63, 3.8) is 0 Å². The number of anilines is 3. The summed E-state index contributed by atoms with van der Waals surface area (Å²) >= 11 is 12.0. The number of carbonyl (C=O) groups is 1. The summed E-state index contributed by atoms with van der Waals surface area (Å²) in [4.78, 5) is 20.5. The van der Waals surface area contributed by atoms with Crippen LogP contribution in [-0.2, 0) is 0 Å². The largest absolute Gasteiger partial charge is 0.323 e. The fraction of sp³-hybridized carbons (Fsp3) is 0. The van der Waals surface area contributed by atoms with Crippen molar-refractivity contribution in [3.8, 4) is 6.07 Å². The van der Waals surface area contributed by atoms with Gasteiger partial charge < -0.3 is 10.6 Å². The van der Waals surface area contributed by atoms with Crippen LogP contribution in [0.1, 0.15) is 15.9 Å². The first kappa shape index (κ1) is 17.7. The number of para-hydroxylation sites is 1. The molecule has 1 heterocycles. The Labute approximate surface area is 159 Å².